The molecule has 0 spiro atoms. The van der Waals surface area contributed by atoms with E-state index in [1.54, 1.807) is 31.2 Å². The zero-order valence-electron chi connectivity index (χ0n) is 14.6. The quantitative estimate of drug-likeness (QED) is 0.756. The summed E-state index contributed by atoms with van der Waals surface area (Å²) in [5.74, 6) is 0.805. The van der Waals surface area contributed by atoms with Gasteiger partial charge in [-0.05, 0) is 18.9 Å². The molecule has 1 atom stereocenters. The molecule has 1 saturated heterocycles. The SMILES string of the molecule is COc1ccccc1CC(=O)N1CCCC1CC(=O)c1cnn(C)c1. The fraction of sp³-hybridized carbons (Fsp3) is 0.421. The van der Waals surface area contributed by atoms with Gasteiger partial charge in [0.25, 0.3) is 0 Å². The van der Waals surface area contributed by atoms with Crippen molar-refractivity contribution in [2.75, 3.05) is 13.7 Å². The van der Waals surface area contributed by atoms with Crippen molar-refractivity contribution < 1.29 is 14.3 Å². The van der Waals surface area contributed by atoms with Gasteiger partial charge in [-0.1, -0.05) is 18.2 Å². The summed E-state index contributed by atoms with van der Waals surface area (Å²) in [6.45, 7) is 0.707. The number of ketones is 1. The molecule has 1 amide bonds. The lowest BCUT2D eigenvalue weighted by Gasteiger charge is -2.24. The second-order valence-electron chi connectivity index (χ2n) is 6.40. The van der Waals surface area contributed by atoms with Crippen LogP contribution in [-0.4, -0.2) is 46.1 Å². The zero-order valence-corrected chi connectivity index (χ0v) is 14.6. The van der Waals surface area contributed by atoms with Crippen LogP contribution in [0, 0.1) is 0 Å². The van der Waals surface area contributed by atoms with Crippen molar-refractivity contribution in [1.82, 2.24) is 14.7 Å². The maximum absolute atomic E-state index is 12.8. The van der Waals surface area contributed by atoms with E-state index >= 15 is 0 Å². The smallest absolute Gasteiger partial charge is 0.227 e. The third kappa shape index (κ3) is 3.90. The van der Waals surface area contributed by atoms with Gasteiger partial charge < -0.3 is 9.64 Å². The van der Waals surface area contributed by atoms with Crippen molar-refractivity contribution in [1.29, 1.82) is 0 Å². The molecule has 0 radical (unpaired) electrons. The molecule has 1 aliphatic rings. The van der Waals surface area contributed by atoms with Crippen LogP contribution in [0.15, 0.2) is 36.7 Å². The fourth-order valence-electron chi connectivity index (χ4n) is 3.39. The van der Waals surface area contributed by atoms with E-state index in [0.717, 1.165) is 24.2 Å². The molecule has 2 aromatic rings. The van der Waals surface area contributed by atoms with E-state index in [4.69, 9.17) is 4.74 Å². The van der Waals surface area contributed by atoms with Crippen LogP contribution in [0.4, 0.5) is 0 Å². The number of para-hydroxylation sites is 1. The molecule has 1 unspecified atom stereocenters. The molecular formula is C19H23N3O3. The summed E-state index contributed by atoms with van der Waals surface area (Å²) in [5, 5.41) is 4.04. The number of hydrogen-bond acceptors (Lipinski definition) is 4. The van der Waals surface area contributed by atoms with Gasteiger partial charge in [0.05, 0.1) is 25.3 Å². The van der Waals surface area contributed by atoms with Crippen LogP contribution in [-0.2, 0) is 18.3 Å². The van der Waals surface area contributed by atoms with Crippen molar-refractivity contribution in [3.05, 3.63) is 47.8 Å². The Balaban J connectivity index is 1.66. The monoisotopic (exact) mass is 341 g/mol. The van der Waals surface area contributed by atoms with E-state index in [0.29, 0.717) is 24.9 Å². The summed E-state index contributed by atoms with van der Waals surface area (Å²) in [6, 6.07) is 7.52. The highest BCUT2D eigenvalue weighted by atomic mass is 16.5. The van der Waals surface area contributed by atoms with Crippen LogP contribution in [0.3, 0.4) is 0 Å². The minimum absolute atomic E-state index is 0.0325. The number of Topliss-reactive ketones (excluding diaryl/α,β-unsaturated/α-hetero) is 1. The van der Waals surface area contributed by atoms with Crippen molar-refractivity contribution in [3.63, 3.8) is 0 Å². The largest absolute Gasteiger partial charge is 0.496 e. The Morgan fingerprint density at radius 2 is 2.12 bits per heavy atom. The Bertz CT molecular complexity index is 769. The number of nitrogens with zero attached hydrogens (tertiary/aromatic N) is 3. The van der Waals surface area contributed by atoms with E-state index in [2.05, 4.69) is 5.10 Å². The number of amides is 1. The van der Waals surface area contributed by atoms with Gasteiger partial charge in [0, 0.05) is 37.8 Å². The summed E-state index contributed by atoms with van der Waals surface area (Å²) in [5.41, 5.74) is 1.48. The van der Waals surface area contributed by atoms with Crippen molar-refractivity contribution in [2.24, 2.45) is 7.05 Å². The highest BCUT2D eigenvalue weighted by Gasteiger charge is 2.31. The van der Waals surface area contributed by atoms with Crippen LogP contribution in [0.5, 0.6) is 5.75 Å². The van der Waals surface area contributed by atoms with E-state index in [1.165, 1.54) is 0 Å². The molecule has 0 saturated carbocycles. The van der Waals surface area contributed by atoms with Gasteiger partial charge in [0.1, 0.15) is 5.75 Å². The number of ether oxygens (including phenoxy) is 1. The molecule has 25 heavy (non-hydrogen) atoms. The predicted molar refractivity (Wildman–Crippen MR) is 93.6 cm³/mol. The standard InChI is InChI=1S/C19H23N3O3/c1-21-13-15(12-20-21)17(23)11-16-7-5-9-22(16)19(24)10-14-6-3-4-8-18(14)25-2/h3-4,6,8,12-13,16H,5,7,9-11H2,1-2H3. The second-order valence-corrected chi connectivity index (χ2v) is 6.40. The molecule has 0 aliphatic carbocycles. The Hall–Kier alpha value is -2.63. The minimum atomic E-state index is -0.0325. The van der Waals surface area contributed by atoms with Crippen LogP contribution < -0.4 is 4.74 Å². The molecule has 2 heterocycles. The summed E-state index contributed by atoms with van der Waals surface area (Å²) in [7, 11) is 3.39. The van der Waals surface area contributed by atoms with Gasteiger partial charge in [-0.3, -0.25) is 14.3 Å². The Morgan fingerprint density at radius 1 is 1.32 bits per heavy atom. The van der Waals surface area contributed by atoms with Crippen molar-refractivity contribution in [2.45, 2.75) is 31.7 Å². The lowest BCUT2D eigenvalue weighted by atomic mass is 10.0. The molecule has 0 bridgehead atoms. The Kier molecular flexibility index (Phi) is 5.16. The topological polar surface area (TPSA) is 64.4 Å². The highest BCUT2D eigenvalue weighted by Crippen LogP contribution is 2.25. The number of likely N-dealkylation sites (tertiary alicyclic amines) is 1. The van der Waals surface area contributed by atoms with E-state index < -0.39 is 0 Å². The number of methoxy groups -OCH3 is 1. The third-order valence-electron chi connectivity index (χ3n) is 4.68. The lowest BCUT2D eigenvalue weighted by Crippen LogP contribution is -2.37. The molecule has 1 aromatic heterocycles. The first-order valence-corrected chi connectivity index (χ1v) is 8.51. The van der Waals surface area contributed by atoms with Crippen molar-refractivity contribution >= 4 is 11.7 Å². The average Bonchev–Trinajstić information content (AvgIpc) is 3.24. The Labute approximate surface area is 147 Å². The van der Waals surface area contributed by atoms with Crippen LogP contribution in [0.1, 0.15) is 35.2 Å². The van der Waals surface area contributed by atoms with Crippen LogP contribution >= 0.6 is 0 Å². The molecule has 6 nitrogen and oxygen atoms in total. The first-order valence-electron chi connectivity index (χ1n) is 8.51. The van der Waals surface area contributed by atoms with E-state index in [9.17, 15) is 9.59 Å². The number of carbonyl (C=O) groups excluding carboxylic acids is 2. The second kappa shape index (κ2) is 7.51. The van der Waals surface area contributed by atoms with Gasteiger partial charge >= 0.3 is 0 Å². The van der Waals surface area contributed by atoms with E-state index in [1.807, 2.05) is 29.2 Å². The molecule has 1 aliphatic heterocycles. The average molecular weight is 341 g/mol. The minimum Gasteiger partial charge on any atom is -0.496 e. The summed E-state index contributed by atoms with van der Waals surface area (Å²) < 4.78 is 6.94. The van der Waals surface area contributed by atoms with Gasteiger partial charge in [0.15, 0.2) is 5.78 Å². The number of hydrogen-bond donors (Lipinski definition) is 0. The molecule has 3 rings (SSSR count). The van der Waals surface area contributed by atoms with Crippen molar-refractivity contribution in [3.8, 4) is 5.75 Å². The number of aryl methyl sites for hydroxylation is 1. The number of benzene rings is 1. The molecule has 1 aromatic carbocycles. The molecule has 1 fully saturated rings. The van der Waals surface area contributed by atoms with Crippen LogP contribution in [0.2, 0.25) is 0 Å². The maximum atomic E-state index is 12.8. The number of aromatic nitrogens is 2. The maximum Gasteiger partial charge on any atom is 0.227 e. The Morgan fingerprint density at radius 3 is 2.84 bits per heavy atom. The normalized spacial score (nSPS) is 16.9. The number of carbonyl (C=O) groups is 2. The lowest BCUT2D eigenvalue weighted by molar-refractivity contribution is -0.131. The van der Waals surface area contributed by atoms with Crippen LogP contribution in [0.25, 0.3) is 0 Å². The summed E-state index contributed by atoms with van der Waals surface area (Å²) >= 11 is 0. The fourth-order valence-corrected chi connectivity index (χ4v) is 3.39. The van der Waals surface area contributed by atoms with Gasteiger partial charge in [-0.15, -0.1) is 0 Å². The first kappa shape index (κ1) is 17.2. The zero-order chi connectivity index (χ0) is 17.8. The van der Waals surface area contributed by atoms with Gasteiger partial charge in [0.2, 0.25) is 5.91 Å². The molecule has 0 N–H and O–H groups in total. The predicted octanol–water partition coefficient (Wildman–Crippen LogP) is 2.24. The first-order chi connectivity index (χ1) is 12.1. The summed E-state index contributed by atoms with van der Waals surface area (Å²) in [6.07, 6.45) is 5.74. The third-order valence-corrected chi connectivity index (χ3v) is 4.68. The molecular weight excluding hydrogens is 318 g/mol. The molecule has 132 valence electrons. The van der Waals surface area contributed by atoms with Gasteiger partial charge in [-0.2, -0.15) is 5.10 Å². The molecule has 6 heteroatoms. The number of rotatable bonds is 6. The highest BCUT2D eigenvalue weighted by molar-refractivity contribution is 5.96. The van der Waals surface area contributed by atoms with Gasteiger partial charge in [-0.25, -0.2) is 0 Å². The summed E-state index contributed by atoms with van der Waals surface area (Å²) in [4.78, 5) is 27.0. The van der Waals surface area contributed by atoms with E-state index in [-0.39, 0.29) is 17.7 Å².